The first-order valence-electron chi connectivity index (χ1n) is 3.00. The Kier molecular flexibility index (Phi) is 2.00. The molecule has 0 aliphatic heterocycles. The first-order valence-corrected chi connectivity index (χ1v) is 3.00. The van der Waals surface area contributed by atoms with Crippen molar-refractivity contribution in [2.75, 3.05) is 0 Å². The number of hydrogen-bond acceptors (Lipinski definition) is 4. The molecule has 0 saturated carbocycles. The van der Waals surface area contributed by atoms with Crippen LogP contribution in [0.4, 0.5) is 11.4 Å². The highest BCUT2D eigenvalue weighted by Crippen LogP contribution is 2.18. The van der Waals surface area contributed by atoms with Gasteiger partial charge >= 0.3 is 0 Å². The van der Waals surface area contributed by atoms with E-state index in [1.54, 1.807) is 0 Å². The van der Waals surface area contributed by atoms with Crippen molar-refractivity contribution in [3.63, 3.8) is 0 Å². The van der Waals surface area contributed by atoms with E-state index in [9.17, 15) is 20.2 Å². The molecule has 0 aliphatic rings. The van der Waals surface area contributed by atoms with E-state index in [2.05, 4.69) is 0 Å². The summed E-state index contributed by atoms with van der Waals surface area (Å²) in [6, 6.07) is 4.59. The van der Waals surface area contributed by atoms with Crippen LogP contribution in [0.2, 0.25) is 0 Å². The van der Waals surface area contributed by atoms with E-state index in [0.717, 1.165) is 6.07 Å². The minimum atomic E-state index is -0.674. The second-order valence-corrected chi connectivity index (χ2v) is 2.03. The molecule has 12 heavy (non-hydrogen) atoms. The van der Waals surface area contributed by atoms with Crippen molar-refractivity contribution < 1.29 is 9.85 Å². The summed E-state index contributed by atoms with van der Waals surface area (Å²) in [6.45, 7) is 0. The normalized spacial score (nSPS) is 9.33. The zero-order valence-corrected chi connectivity index (χ0v) is 5.84. The fraction of sp³-hybridized carbons (Fsp3) is 0. The lowest BCUT2D eigenvalue weighted by Gasteiger charge is -1.90. The van der Waals surface area contributed by atoms with Crippen molar-refractivity contribution in [1.29, 1.82) is 0 Å². The van der Waals surface area contributed by atoms with Gasteiger partial charge in [0.15, 0.2) is 0 Å². The molecule has 0 spiro atoms. The third-order valence-corrected chi connectivity index (χ3v) is 1.25. The summed E-state index contributed by atoms with van der Waals surface area (Å²) in [7, 11) is 0. The lowest BCUT2D eigenvalue weighted by Crippen LogP contribution is -1.91. The number of nitrogens with zero attached hydrogens (tertiary/aromatic N) is 2. The van der Waals surface area contributed by atoms with E-state index in [1.165, 1.54) is 18.2 Å². The molecule has 6 nitrogen and oxygen atoms in total. The molecule has 0 saturated heterocycles. The molecule has 0 radical (unpaired) electrons. The quantitative estimate of drug-likeness (QED) is 0.502. The molecule has 6 heteroatoms. The van der Waals surface area contributed by atoms with Gasteiger partial charge < -0.3 is 0 Å². The van der Waals surface area contributed by atoms with Gasteiger partial charge in [-0.2, -0.15) is 0 Å². The van der Waals surface area contributed by atoms with Gasteiger partial charge in [0.05, 0.1) is 15.9 Å². The van der Waals surface area contributed by atoms with Crippen LogP contribution in [0.25, 0.3) is 0 Å². The first kappa shape index (κ1) is 8.12. The van der Waals surface area contributed by atoms with Gasteiger partial charge in [-0.1, -0.05) is 0 Å². The molecule has 0 atom stereocenters. The van der Waals surface area contributed by atoms with Crippen molar-refractivity contribution in [2.24, 2.45) is 0 Å². The number of benzene rings is 1. The van der Waals surface area contributed by atoms with Crippen LogP contribution in [-0.2, 0) is 0 Å². The molecule has 1 aromatic carbocycles. The third-order valence-electron chi connectivity index (χ3n) is 1.25. The predicted octanol–water partition coefficient (Wildman–Crippen LogP) is 1.50. The monoisotopic (exact) mass is 174 g/mol. The Morgan fingerprint density at radius 3 is 1.75 bits per heavy atom. The van der Waals surface area contributed by atoms with Crippen LogP contribution in [0.1, 0.15) is 0 Å². The Morgan fingerprint density at radius 1 is 1.00 bits per heavy atom. The first-order chi connectivity index (χ1) is 5.61. The van der Waals surface area contributed by atoms with E-state index in [4.69, 9.17) is 0 Å². The van der Waals surface area contributed by atoms with E-state index >= 15 is 0 Å². The summed E-state index contributed by atoms with van der Waals surface area (Å²) < 4.78 is 0. The molecule has 0 unspecified atom stereocenters. The molecule has 0 aliphatic carbocycles. The van der Waals surface area contributed by atoms with Crippen molar-refractivity contribution >= 4 is 11.4 Å². The molecule has 62 valence electrons. The average Bonchev–Trinajstić information content (AvgIpc) is 2.04. The predicted molar refractivity (Wildman–Crippen MR) is 39.8 cm³/mol. The van der Waals surface area contributed by atoms with Gasteiger partial charge in [-0.3, -0.25) is 20.2 Å². The molecule has 0 aromatic heterocycles. The lowest BCUT2D eigenvalue weighted by atomic mass is 11.2. The van der Waals surface area contributed by atoms with Gasteiger partial charge in [0.25, 0.3) is 11.4 Å². The Balaban J connectivity index is 3.12. The van der Waals surface area contributed by atoms with E-state index in [0.29, 0.717) is 0 Å². The zero-order valence-electron chi connectivity index (χ0n) is 5.84. The second kappa shape index (κ2) is 2.95. The highest BCUT2D eigenvalue weighted by Gasteiger charge is 2.11. The van der Waals surface area contributed by atoms with Crippen LogP contribution < -0.4 is 0 Å². The topological polar surface area (TPSA) is 86.3 Å². The van der Waals surface area contributed by atoms with Crippen molar-refractivity contribution in [1.82, 2.24) is 0 Å². The van der Waals surface area contributed by atoms with Crippen LogP contribution in [0.3, 0.4) is 0 Å². The van der Waals surface area contributed by atoms with Gasteiger partial charge in [-0.05, 0) is 6.07 Å². The standard InChI is InChI=1S/C6H4N2O4/c9-7(10)5-2-1-3-6(4-5)8(11)12/h1-4H/i1+1,2+1,3+1,4+1,5+1,6+1. The molecule has 0 fully saturated rings. The van der Waals surface area contributed by atoms with Crippen molar-refractivity contribution in [3.8, 4) is 0 Å². The number of non-ortho nitro benzene ring substituents is 2. The van der Waals surface area contributed by atoms with Gasteiger partial charge in [-0.15, -0.1) is 0 Å². The van der Waals surface area contributed by atoms with E-state index in [1.807, 2.05) is 0 Å². The Labute approximate surface area is 66.7 Å². The Morgan fingerprint density at radius 2 is 1.42 bits per heavy atom. The largest absolute Gasteiger partial charge is 0.276 e. The van der Waals surface area contributed by atoms with Crippen molar-refractivity contribution in [3.05, 3.63) is 44.5 Å². The molecule has 1 rings (SSSR count). The highest BCUT2D eigenvalue weighted by atomic mass is 16.7. The summed E-state index contributed by atoms with van der Waals surface area (Å²) in [5.74, 6) is 0. The molecular formula is C6H4N2O4. The number of nitro groups is 2. The molecular weight excluding hydrogens is 170 g/mol. The SMILES string of the molecule is O=[N+]([O-])[13c]1[13cH][13cH][13cH][13c]([N+](=O)[O-])[13cH]1. The highest BCUT2D eigenvalue weighted by molar-refractivity contribution is 5.42. The van der Waals surface area contributed by atoms with Gasteiger partial charge in [0.1, 0.15) is 0 Å². The Bertz CT molecular complexity index is 307. The summed E-state index contributed by atoms with van der Waals surface area (Å²) in [5.41, 5.74) is -0.548. The summed E-state index contributed by atoms with van der Waals surface area (Å²) in [6.07, 6.45) is 0. The van der Waals surface area contributed by atoms with Crippen LogP contribution in [0, 0.1) is 20.2 Å². The fourth-order valence-corrected chi connectivity index (χ4v) is 0.720. The minimum Gasteiger partial charge on any atom is -0.258 e. The molecule has 1 aromatic rings. The molecule has 0 amide bonds. The summed E-state index contributed by atoms with van der Waals surface area (Å²) in [5, 5.41) is 20.3. The molecule has 0 heterocycles. The second-order valence-electron chi connectivity index (χ2n) is 2.03. The molecule has 0 N–H and O–H groups in total. The summed E-state index contributed by atoms with van der Waals surface area (Å²) in [4.78, 5) is 19.0. The maximum absolute atomic E-state index is 10.2. The zero-order chi connectivity index (χ0) is 9.14. The fourth-order valence-electron chi connectivity index (χ4n) is 0.720. The number of rotatable bonds is 2. The van der Waals surface area contributed by atoms with Crippen LogP contribution in [0.5, 0.6) is 0 Å². The maximum atomic E-state index is 10.2. The minimum absolute atomic E-state index is 0.274. The number of hydrogen-bond donors (Lipinski definition) is 0. The average molecular weight is 174 g/mol. The smallest absolute Gasteiger partial charge is 0.258 e. The lowest BCUT2D eigenvalue weighted by molar-refractivity contribution is -0.394. The van der Waals surface area contributed by atoms with E-state index < -0.39 is 9.85 Å². The Hall–Kier alpha value is -1.98. The van der Waals surface area contributed by atoms with E-state index in [-0.39, 0.29) is 11.4 Å². The maximum Gasteiger partial charge on any atom is 0.276 e. The van der Waals surface area contributed by atoms with Gasteiger partial charge in [-0.25, -0.2) is 0 Å². The van der Waals surface area contributed by atoms with Gasteiger partial charge in [0, 0.05) is 12.1 Å². The van der Waals surface area contributed by atoms with Crippen LogP contribution >= 0.6 is 0 Å². The van der Waals surface area contributed by atoms with Crippen LogP contribution in [-0.4, -0.2) is 9.85 Å². The summed E-state index contributed by atoms with van der Waals surface area (Å²) >= 11 is 0. The number of nitro benzene ring substituents is 2. The van der Waals surface area contributed by atoms with Crippen molar-refractivity contribution in [2.45, 2.75) is 0 Å². The van der Waals surface area contributed by atoms with Gasteiger partial charge in [0.2, 0.25) is 0 Å². The molecule has 0 bridgehead atoms. The third kappa shape index (κ3) is 1.54. The van der Waals surface area contributed by atoms with Crippen LogP contribution in [0.15, 0.2) is 24.3 Å².